The molecule has 2 rings (SSSR count). The number of nitrogens with two attached hydrogens (primary N) is 1. The third kappa shape index (κ3) is 2.12. The topological polar surface area (TPSA) is 65.8 Å². The van der Waals surface area contributed by atoms with Crippen molar-refractivity contribution in [2.75, 3.05) is 0 Å². The first-order chi connectivity index (χ1) is 8.13. The Hall–Kier alpha value is -1.95. The lowest BCUT2D eigenvalue weighted by atomic mass is 10.1. The van der Waals surface area contributed by atoms with Crippen LogP contribution < -0.4 is 11.4 Å². The van der Waals surface area contributed by atoms with Crippen molar-refractivity contribution < 1.29 is 4.39 Å². The van der Waals surface area contributed by atoms with E-state index in [2.05, 4.69) is 5.10 Å². The monoisotopic (exact) mass is 236 g/mol. The second kappa shape index (κ2) is 4.50. The molecule has 0 aliphatic heterocycles. The third-order valence-corrected chi connectivity index (χ3v) is 2.59. The highest BCUT2D eigenvalue weighted by atomic mass is 19.1. The van der Waals surface area contributed by atoms with E-state index in [-0.39, 0.29) is 24.6 Å². The van der Waals surface area contributed by atoms with Gasteiger partial charge in [-0.2, -0.15) is 5.10 Å². The molecule has 6 heteroatoms. The Bertz CT molecular complexity index is 587. The van der Waals surface area contributed by atoms with Gasteiger partial charge in [-0.05, 0) is 0 Å². The van der Waals surface area contributed by atoms with Crippen LogP contribution in [0.2, 0.25) is 0 Å². The summed E-state index contributed by atoms with van der Waals surface area (Å²) in [5.41, 5.74) is 5.99. The molecule has 0 spiro atoms. The third-order valence-electron chi connectivity index (χ3n) is 2.59. The van der Waals surface area contributed by atoms with Crippen molar-refractivity contribution in [2.45, 2.75) is 13.1 Å². The summed E-state index contributed by atoms with van der Waals surface area (Å²) in [7, 11) is 1.60. The zero-order valence-corrected chi connectivity index (χ0v) is 9.43. The molecule has 2 aromatic rings. The molecule has 0 saturated carbocycles. The van der Waals surface area contributed by atoms with Crippen LogP contribution in [0.3, 0.4) is 0 Å². The minimum atomic E-state index is -0.368. The molecular weight excluding hydrogens is 223 g/mol. The summed E-state index contributed by atoms with van der Waals surface area (Å²) in [5, 5.41) is 3.88. The van der Waals surface area contributed by atoms with E-state index in [1.165, 1.54) is 15.6 Å². The summed E-state index contributed by atoms with van der Waals surface area (Å²) >= 11 is 0. The Kier molecular flexibility index (Phi) is 3.06. The van der Waals surface area contributed by atoms with Crippen molar-refractivity contribution >= 4 is 0 Å². The van der Waals surface area contributed by atoms with E-state index in [0.29, 0.717) is 11.1 Å². The molecule has 0 atom stereocenters. The van der Waals surface area contributed by atoms with E-state index >= 15 is 0 Å². The molecule has 0 aliphatic carbocycles. The maximum Gasteiger partial charge on any atom is 0.345 e. The maximum absolute atomic E-state index is 13.9. The first kappa shape index (κ1) is 11.5. The van der Waals surface area contributed by atoms with Crippen molar-refractivity contribution in [3.63, 3.8) is 0 Å². The quantitative estimate of drug-likeness (QED) is 0.829. The van der Waals surface area contributed by atoms with E-state index in [0.717, 1.165) is 0 Å². The average Bonchev–Trinajstić information content (AvgIpc) is 2.64. The molecule has 0 bridgehead atoms. The van der Waals surface area contributed by atoms with Gasteiger partial charge >= 0.3 is 5.69 Å². The summed E-state index contributed by atoms with van der Waals surface area (Å²) in [5.74, 6) is -0.368. The first-order valence-electron chi connectivity index (χ1n) is 5.18. The number of benzene rings is 1. The molecule has 0 aliphatic rings. The van der Waals surface area contributed by atoms with Gasteiger partial charge in [0.2, 0.25) is 0 Å². The highest BCUT2D eigenvalue weighted by Crippen LogP contribution is 2.12. The molecule has 0 radical (unpaired) electrons. The van der Waals surface area contributed by atoms with Gasteiger partial charge in [-0.15, -0.1) is 0 Å². The first-order valence-corrected chi connectivity index (χ1v) is 5.18. The van der Waals surface area contributed by atoms with Crippen molar-refractivity contribution in [1.82, 2.24) is 14.3 Å². The van der Waals surface area contributed by atoms with Crippen LogP contribution in [0.4, 0.5) is 4.39 Å². The van der Waals surface area contributed by atoms with E-state index in [4.69, 9.17) is 5.73 Å². The fraction of sp³-hybridized carbons (Fsp3) is 0.273. The molecule has 0 unspecified atom stereocenters. The van der Waals surface area contributed by atoms with Crippen LogP contribution in [0.5, 0.6) is 0 Å². The molecule has 2 N–H and O–H groups in total. The summed E-state index contributed by atoms with van der Waals surface area (Å²) < 4.78 is 16.4. The van der Waals surface area contributed by atoms with Crippen LogP contribution in [0.25, 0.3) is 0 Å². The molecule has 0 amide bonds. The van der Waals surface area contributed by atoms with Gasteiger partial charge in [0.15, 0.2) is 0 Å². The Morgan fingerprint density at radius 3 is 2.71 bits per heavy atom. The fourth-order valence-corrected chi connectivity index (χ4v) is 1.60. The number of aryl methyl sites for hydroxylation is 1. The highest BCUT2D eigenvalue weighted by molar-refractivity contribution is 5.25. The lowest BCUT2D eigenvalue weighted by molar-refractivity contribution is 0.564. The van der Waals surface area contributed by atoms with Gasteiger partial charge in [-0.3, -0.25) is 4.57 Å². The summed E-state index contributed by atoms with van der Waals surface area (Å²) in [6.45, 7) is 0.246. The molecule has 1 aromatic heterocycles. The van der Waals surface area contributed by atoms with Crippen LogP contribution in [-0.4, -0.2) is 14.3 Å². The highest BCUT2D eigenvalue weighted by Gasteiger charge is 2.09. The molecular formula is C11H13FN4O. The molecule has 5 nitrogen and oxygen atoms in total. The maximum atomic E-state index is 13.9. The van der Waals surface area contributed by atoms with Crippen LogP contribution in [0.15, 0.2) is 29.3 Å². The van der Waals surface area contributed by atoms with E-state index < -0.39 is 0 Å². The Balaban J connectivity index is 2.37. The van der Waals surface area contributed by atoms with Crippen LogP contribution >= 0.6 is 0 Å². The summed E-state index contributed by atoms with van der Waals surface area (Å²) in [4.78, 5) is 11.6. The molecule has 1 aromatic carbocycles. The predicted molar refractivity (Wildman–Crippen MR) is 60.9 cm³/mol. The van der Waals surface area contributed by atoms with Crippen LogP contribution in [-0.2, 0) is 20.1 Å². The number of nitrogens with zero attached hydrogens (tertiary/aromatic N) is 3. The zero-order valence-electron chi connectivity index (χ0n) is 9.43. The number of hydrogen-bond acceptors (Lipinski definition) is 3. The molecule has 0 saturated heterocycles. The van der Waals surface area contributed by atoms with Gasteiger partial charge in [0, 0.05) is 24.7 Å². The van der Waals surface area contributed by atoms with Gasteiger partial charge < -0.3 is 5.73 Å². The molecule has 1 heterocycles. The Morgan fingerprint density at radius 2 is 2.12 bits per heavy atom. The van der Waals surface area contributed by atoms with Crippen molar-refractivity contribution in [1.29, 1.82) is 0 Å². The smallest absolute Gasteiger partial charge is 0.326 e. The Morgan fingerprint density at radius 1 is 1.41 bits per heavy atom. The van der Waals surface area contributed by atoms with Gasteiger partial charge in [-0.1, -0.05) is 18.2 Å². The number of halogens is 1. The van der Waals surface area contributed by atoms with E-state index in [1.54, 1.807) is 25.2 Å². The second-order valence-corrected chi connectivity index (χ2v) is 3.78. The summed E-state index contributed by atoms with van der Waals surface area (Å²) in [6, 6.07) is 4.96. The molecule has 17 heavy (non-hydrogen) atoms. The number of hydrogen-bond donors (Lipinski definition) is 1. The predicted octanol–water partition coefficient (Wildman–Crippen LogP) is 0.228. The van der Waals surface area contributed by atoms with E-state index in [1.807, 2.05) is 0 Å². The normalized spacial score (nSPS) is 10.8. The van der Waals surface area contributed by atoms with Crippen molar-refractivity contribution in [3.05, 3.63) is 52.0 Å². The minimum Gasteiger partial charge on any atom is -0.326 e. The van der Waals surface area contributed by atoms with Crippen LogP contribution in [0.1, 0.15) is 11.1 Å². The fourth-order valence-electron chi connectivity index (χ4n) is 1.60. The minimum absolute atomic E-state index is 0.110. The van der Waals surface area contributed by atoms with Crippen molar-refractivity contribution in [3.8, 4) is 0 Å². The second-order valence-electron chi connectivity index (χ2n) is 3.78. The van der Waals surface area contributed by atoms with Crippen LogP contribution in [0, 0.1) is 5.82 Å². The van der Waals surface area contributed by atoms with Gasteiger partial charge in [0.05, 0.1) is 6.54 Å². The van der Waals surface area contributed by atoms with Gasteiger partial charge in [0.1, 0.15) is 12.1 Å². The van der Waals surface area contributed by atoms with Gasteiger partial charge in [0.25, 0.3) is 0 Å². The van der Waals surface area contributed by atoms with Gasteiger partial charge in [-0.25, -0.2) is 13.9 Å². The summed E-state index contributed by atoms with van der Waals surface area (Å²) in [6.07, 6.45) is 1.40. The molecule has 90 valence electrons. The average molecular weight is 236 g/mol. The van der Waals surface area contributed by atoms with Crippen molar-refractivity contribution in [2.24, 2.45) is 12.8 Å². The lowest BCUT2D eigenvalue weighted by Gasteiger charge is -2.06. The Labute approximate surface area is 97.3 Å². The lowest BCUT2D eigenvalue weighted by Crippen LogP contribution is -2.24. The standard InChI is InChI=1S/C11H13FN4O/c1-15-7-14-16(11(15)17)6-9-4-2-3-8(5-13)10(9)12/h2-4,7H,5-6,13H2,1H3. The molecule has 0 fully saturated rings. The number of aromatic nitrogens is 3. The zero-order chi connectivity index (χ0) is 12.4. The van der Waals surface area contributed by atoms with E-state index in [9.17, 15) is 9.18 Å². The number of rotatable bonds is 3. The largest absolute Gasteiger partial charge is 0.345 e. The SMILES string of the molecule is Cn1cnn(Cc2cccc(CN)c2F)c1=O.